The molecular weight excluding hydrogens is 691 g/mol. The number of rotatable bonds is 6. The first-order valence-corrected chi connectivity index (χ1v) is 19.4. The van der Waals surface area contributed by atoms with E-state index in [4.69, 9.17) is 9.97 Å². The van der Waals surface area contributed by atoms with Crippen molar-refractivity contribution in [2.45, 2.75) is 0 Å². The van der Waals surface area contributed by atoms with Gasteiger partial charge in [0, 0.05) is 33.2 Å². The molecule has 0 radical (unpaired) electrons. The van der Waals surface area contributed by atoms with Crippen molar-refractivity contribution in [3.8, 4) is 61.8 Å². The molecule has 11 rings (SSSR count). The molecule has 2 heterocycles. The van der Waals surface area contributed by atoms with Gasteiger partial charge in [0.25, 0.3) is 0 Å². The minimum atomic E-state index is 0.703. The number of fused-ring (bicyclic) bond motifs is 6. The summed E-state index contributed by atoms with van der Waals surface area (Å²) in [6.45, 7) is 0. The lowest BCUT2D eigenvalue weighted by Gasteiger charge is -2.12. The summed E-state index contributed by atoms with van der Waals surface area (Å²) < 4.78 is 2.38. The van der Waals surface area contributed by atoms with Crippen molar-refractivity contribution in [2.24, 2.45) is 0 Å². The van der Waals surface area contributed by atoms with Gasteiger partial charge in [0.15, 0.2) is 5.82 Å². The first kappa shape index (κ1) is 32.8. The van der Waals surface area contributed by atoms with Crippen LogP contribution in [0.25, 0.3) is 105 Å². The van der Waals surface area contributed by atoms with Crippen LogP contribution in [0.2, 0.25) is 0 Å². The standard InChI is InChI=1S/C54H35N3/c1-4-12-36(13-5-1)40-20-21-42-33-43(23-22-41(42)32-40)44-26-30-47-45(34-44)27-31-52-53(47)48-18-10-11-19-51(48)57(52)46-28-24-39(25-29-46)54-55-49(37-14-6-2-7-15-37)35-50(56-54)38-16-8-3-9-17-38/h1-35H. The Balaban J connectivity index is 0.977. The summed E-state index contributed by atoms with van der Waals surface area (Å²) in [5.41, 5.74) is 13.3. The summed E-state index contributed by atoms with van der Waals surface area (Å²) in [7, 11) is 0. The van der Waals surface area contributed by atoms with E-state index in [0.717, 1.165) is 33.8 Å². The van der Waals surface area contributed by atoms with Crippen LogP contribution in [0, 0.1) is 0 Å². The minimum Gasteiger partial charge on any atom is -0.309 e. The highest BCUT2D eigenvalue weighted by Crippen LogP contribution is 2.39. The number of nitrogens with zero attached hydrogens (tertiary/aromatic N) is 3. The van der Waals surface area contributed by atoms with Crippen molar-refractivity contribution in [1.82, 2.24) is 14.5 Å². The van der Waals surface area contributed by atoms with Gasteiger partial charge < -0.3 is 4.57 Å². The molecule has 9 aromatic carbocycles. The van der Waals surface area contributed by atoms with Gasteiger partial charge in [0.2, 0.25) is 0 Å². The van der Waals surface area contributed by atoms with Crippen LogP contribution < -0.4 is 0 Å². The molecule has 0 aliphatic rings. The van der Waals surface area contributed by atoms with Gasteiger partial charge in [-0.05, 0) is 104 Å². The highest BCUT2D eigenvalue weighted by molar-refractivity contribution is 6.21. The van der Waals surface area contributed by atoms with Crippen LogP contribution in [0.1, 0.15) is 0 Å². The summed E-state index contributed by atoms with van der Waals surface area (Å²) in [6, 6.07) is 75.7. The van der Waals surface area contributed by atoms with E-state index in [1.165, 1.54) is 65.6 Å². The average Bonchev–Trinajstić information content (AvgIpc) is 3.64. The van der Waals surface area contributed by atoms with Gasteiger partial charge in [-0.2, -0.15) is 0 Å². The summed E-state index contributed by atoms with van der Waals surface area (Å²) in [4.78, 5) is 10.1. The van der Waals surface area contributed by atoms with E-state index in [9.17, 15) is 0 Å². The maximum Gasteiger partial charge on any atom is 0.160 e. The molecule has 0 spiro atoms. The van der Waals surface area contributed by atoms with Gasteiger partial charge in [-0.3, -0.25) is 0 Å². The van der Waals surface area contributed by atoms with Crippen LogP contribution in [0.15, 0.2) is 212 Å². The molecule has 0 aliphatic carbocycles. The number of hydrogen-bond acceptors (Lipinski definition) is 2. The molecule has 0 atom stereocenters. The second-order valence-corrected chi connectivity index (χ2v) is 14.6. The molecular formula is C54H35N3. The molecule has 0 saturated carbocycles. The topological polar surface area (TPSA) is 30.7 Å². The van der Waals surface area contributed by atoms with E-state index in [1.54, 1.807) is 0 Å². The van der Waals surface area contributed by atoms with Crippen LogP contribution in [0.5, 0.6) is 0 Å². The second-order valence-electron chi connectivity index (χ2n) is 14.6. The average molecular weight is 726 g/mol. The first-order valence-electron chi connectivity index (χ1n) is 19.4. The predicted molar refractivity (Wildman–Crippen MR) is 239 cm³/mol. The summed E-state index contributed by atoms with van der Waals surface area (Å²) >= 11 is 0. The monoisotopic (exact) mass is 725 g/mol. The summed E-state index contributed by atoms with van der Waals surface area (Å²) in [5, 5.41) is 7.45. The van der Waals surface area contributed by atoms with Crippen molar-refractivity contribution in [1.29, 1.82) is 0 Å². The highest BCUT2D eigenvalue weighted by atomic mass is 15.0. The molecule has 0 fully saturated rings. The third kappa shape index (κ3) is 5.85. The van der Waals surface area contributed by atoms with E-state index >= 15 is 0 Å². The molecule has 0 N–H and O–H groups in total. The molecule has 0 unspecified atom stereocenters. The van der Waals surface area contributed by atoms with Gasteiger partial charge in [-0.15, -0.1) is 0 Å². The number of benzene rings is 9. The Morgan fingerprint density at radius 2 is 0.789 bits per heavy atom. The quantitative estimate of drug-likeness (QED) is 0.171. The van der Waals surface area contributed by atoms with Gasteiger partial charge in [-0.25, -0.2) is 9.97 Å². The van der Waals surface area contributed by atoms with E-state index in [2.05, 4.69) is 180 Å². The van der Waals surface area contributed by atoms with Gasteiger partial charge in [0.05, 0.1) is 22.4 Å². The fourth-order valence-corrected chi connectivity index (χ4v) is 8.34. The van der Waals surface area contributed by atoms with Crippen LogP contribution in [0.3, 0.4) is 0 Å². The van der Waals surface area contributed by atoms with Crippen LogP contribution in [-0.2, 0) is 0 Å². The molecule has 266 valence electrons. The first-order chi connectivity index (χ1) is 28.2. The van der Waals surface area contributed by atoms with E-state index in [-0.39, 0.29) is 0 Å². The smallest absolute Gasteiger partial charge is 0.160 e. The zero-order chi connectivity index (χ0) is 37.7. The Morgan fingerprint density at radius 1 is 0.298 bits per heavy atom. The van der Waals surface area contributed by atoms with Crippen molar-refractivity contribution >= 4 is 43.4 Å². The SMILES string of the molecule is c1ccc(-c2ccc3cc(-c4ccc5c(ccc6c5c5ccccc5n6-c5ccc(-c6nc(-c7ccccc7)cc(-c7ccccc7)n6)cc5)c4)ccc3c2)cc1. The zero-order valence-electron chi connectivity index (χ0n) is 31.0. The van der Waals surface area contributed by atoms with Crippen LogP contribution in [0.4, 0.5) is 0 Å². The van der Waals surface area contributed by atoms with E-state index in [1.807, 2.05) is 36.4 Å². The predicted octanol–water partition coefficient (Wildman–Crippen LogP) is 14.2. The summed E-state index contributed by atoms with van der Waals surface area (Å²) in [5.74, 6) is 0.703. The number of para-hydroxylation sites is 1. The fraction of sp³-hybridized carbons (Fsp3) is 0. The van der Waals surface area contributed by atoms with Crippen molar-refractivity contribution in [2.75, 3.05) is 0 Å². The van der Waals surface area contributed by atoms with Crippen molar-refractivity contribution in [3.05, 3.63) is 212 Å². The van der Waals surface area contributed by atoms with Crippen LogP contribution in [-0.4, -0.2) is 14.5 Å². The lowest BCUT2D eigenvalue weighted by atomic mass is 9.95. The Hall–Kier alpha value is -7.62. The molecule has 3 nitrogen and oxygen atoms in total. The Labute approximate surface area is 330 Å². The second kappa shape index (κ2) is 13.6. The molecule has 57 heavy (non-hydrogen) atoms. The van der Waals surface area contributed by atoms with Crippen LogP contribution >= 0.6 is 0 Å². The lowest BCUT2D eigenvalue weighted by Crippen LogP contribution is -1.97. The molecule has 3 heteroatoms. The maximum atomic E-state index is 5.07. The maximum absolute atomic E-state index is 5.07. The minimum absolute atomic E-state index is 0.703. The third-order valence-electron chi connectivity index (χ3n) is 11.2. The highest BCUT2D eigenvalue weighted by Gasteiger charge is 2.16. The molecule has 2 aromatic heterocycles. The summed E-state index contributed by atoms with van der Waals surface area (Å²) in [6.07, 6.45) is 0. The third-order valence-corrected chi connectivity index (χ3v) is 11.2. The molecule has 0 bridgehead atoms. The molecule has 0 saturated heterocycles. The zero-order valence-corrected chi connectivity index (χ0v) is 31.0. The van der Waals surface area contributed by atoms with Crippen molar-refractivity contribution in [3.63, 3.8) is 0 Å². The molecule has 11 aromatic rings. The normalized spacial score (nSPS) is 11.5. The van der Waals surface area contributed by atoms with E-state index in [0.29, 0.717) is 5.82 Å². The lowest BCUT2D eigenvalue weighted by molar-refractivity contribution is 1.16. The van der Waals surface area contributed by atoms with Gasteiger partial charge in [0.1, 0.15) is 0 Å². The van der Waals surface area contributed by atoms with Gasteiger partial charge >= 0.3 is 0 Å². The van der Waals surface area contributed by atoms with E-state index < -0.39 is 0 Å². The fourth-order valence-electron chi connectivity index (χ4n) is 8.34. The molecule has 0 aliphatic heterocycles. The number of hydrogen-bond donors (Lipinski definition) is 0. The number of aromatic nitrogens is 3. The van der Waals surface area contributed by atoms with Gasteiger partial charge in [-0.1, -0.05) is 152 Å². The Morgan fingerprint density at radius 3 is 1.42 bits per heavy atom. The molecule has 0 amide bonds. The van der Waals surface area contributed by atoms with Crippen molar-refractivity contribution < 1.29 is 0 Å². The Bertz CT molecular complexity index is 3200. The Kier molecular flexibility index (Phi) is 7.82. The largest absolute Gasteiger partial charge is 0.309 e.